The fourth-order valence-electron chi connectivity index (χ4n) is 3.97. The number of ether oxygens (including phenoxy) is 1. The zero-order chi connectivity index (χ0) is 25.8. The molecule has 0 fully saturated rings. The molecular weight excluding hydrogens is 468 g/mol. The van der Waals surface area contributed by atoms with Gasteiger partial charge in [0.15, 0.2) is 0 Å². The third-order valence-electron chi connectivity index (χ3n) is 5.76. The van der Waals surface area contributed by atoms with E-state index in [0.717, 1.165) is 22.6 Å². The molecule has 0 radical (unpaired) electrons. The molecule has 0 heterocycles. The van der Waals surface area contributed by atoms with Gasteiger partial charge in [0.2, 0.25) is 11.8 Å². The van der Waals surface area contributed by atoms with Crippen molar-refractivity contribution >= 4 is 23.6 Å². The van der Waals surface area contributed by atoms with E-state index in [9.17, 15) is 9.59 Å². The quantitative estimate of drug-likeness (QED) is 0.313. The molecule has 190 valence electrons. The third kappa shape index (κ3) is 8.76. The first kappa shape index (κ1) is 27.3. The summed E-state index contributed by atoms with van der Waals surface area (Å²) in [5.74, 6) is 2.10. The topological polar surface area (TPSA) is 58.6 Å². The number of hydrogen-bond acceptors (Lipinski definition) is 4. The summed E-state index contributed by atoms with van der Waals surface area (Å²) in [6, 6.07) is 27.1. The minimum atomic E-state index is -0.618. The number of rotatable bonds is 13. The minimum Gasteiger partial charge on any atom is -0.497 e. The standard InChI is InChI=1S/C30H36N2O3S/c1-23(2)31-30(34)28(20-24-11-6-4-7-12-24)32(21-26-15-10-16-27(19-26)35-3)29(33)17-18-36-22-25-13-8-5-9-14-25/h4-16,19,23,28H,17-18,20-22H2,1-3H3,(H,31,34). The van der Waals surface area contributed by atoms with Crippen LogP contribution in [0.15, 0.2) is 84.9 Å². The van der Waals surface area contributed by atoms with E-state index in [1.54, 1.807) is 23.8 Å². The van der Waals surface area contributed by atoms with Gasteiger partial charge in [-0.1, -0.05) is 72.8 Å². The highest BCUT2D eigenvalue weighted by atomic mass is 32.2. The summed E-state index contributed by atoms with van der Waals surface area (Å²) < 4.78 is 5.39. The van der Waals surface area contributed by atoms with Gasteiger partial charge in [0.25, 0.3) is 0 Å². The van der Waals surface area contributed by atoms with Crippen LogP contribution in [0.3, 0.4) is 0 Å². The molecule has 0 saturated carbocycles. The van der Waals surface area contributed by atoms with Gasteiger partial charge in [-0.05, 0) is 42.7 Å². The van der Waals surface area contributed by atoms with Gasteiger partial charge in [-0.3, -0.25) is 9.59 Å². The molecule has 3 aromatic carbocycles. The molecule has 0 aromatic heterocycles. The van der Waals surface area contributed by atoms with Crippen molar-refractivity contribution in [2.24, 2.45) is 0 Å². The molecule has 3 aromatic rings. The van der Waals surface area contributed by atoms with Gasteiger partial charge in [-0.15, -0.1) is 0 Å². The van der Waals surface area contributed by atoms with Crippen molar-refractivity contribution in [1.82, 2.24) is 10.2 Å². The Morgan fingerprint density at radius 1 is 0.889 bits per heavy atom. The lowest BCUT2D eigenvalue weighted by Gasteiger charge is -2.32. The Morgan fingerprint density at radius 2 is 1.53 bits per heavy atom. The molecule has 2 amide bonds. The van der Waals surface area contributed by atoms with Crippen LogP contribution in [-0.4, -0.2) is 41.7 Å². The zero-order valence-corrected chi connectivity index (χ0v) is 22.2. The van der Waals surface area contributed by atoms with Crippen LogP contribution < -0.4 is 10.1 Å². The van der Waals surface area contributed by atoms with Crippen LogP contribution in [0.5, 0.6) is 5.75 Å². The van der Waals surface area contributed by atoms with Crippen LogP contribution in [0.2, 0.25) is 0 Å². The highest BCUT2D eigenvalue weighted by molar-refractivity contribution is 7.98. The van der Waals surface area contributed by atoms with Gasteiger partial charge in [-0.25, -0.2) is 0 Å². The molecule has 1 N–H and O–H groups in total. The number of carbonyl (C=O) groups excluding carboxylic acids is 2. The SMILES string of the molecule is COc1cccc(CN(C(=O)CCSCc2ccccc2)C(Cc2ccccc2)C(=O)NC(C)C)c1. The summed E-state index contributed by atoms with van der Waals surface area (Å²) >= 11 is 1.73. The Labute approximate surface area is 219 Å². The molecule has 0 aliphatic carbocycles. The number of methoxy groups -OCH3 is 1. The van der Waals surface area contributed by atoms with Crippen molar-refractivity contribution in [2.45, 2.75) is 51.1 Å². The zero-order valence-electron chi connectivity index (χ0n) is 21.4. The Kier molecular flexibility index (Phi) is 10.9. The second-order valence-corrected chi connectivity index (χ2v) is 10.1. The van der Waals surface area contributed by atoms with E-state index in [4.69, 9.17) is 4.74 Å². The van der Waals surface area contributed by atoms with E-state index in [1.807, 2.05) is 86.6 Å². The smallest absolute Gasteiger partial charge is 0.243 e. The van der Waals surface area contributed by atoms with Gasteiger partial charge in [0.1, 0.15) is 11.8 Å². The van der Waals surface area contributed by atoms with Gasteiger partial charge in [0, 0.05) is 36.9 Å². The van der Waals surface area contributed by atoms with E-state index in [0.29, 0.717) is 25.1 Å². The first-order chi connectivity index (χ1) is 17.5. The molecule has 0 saturated heterocycles. The molecule has 6 heteroatoms. The minimum absolute atomic E-state index is 0.0222. The Hall–Kier alpha value is -3.25. The summed E-state index contributed by atoms with van der Waals surface area (Å²) in [4.78, 5) is 28.8. The van der Waals surface area contributed by atoms with Crippen LogP contribution in [0.25, 0.3) is 0 Å². The maximum Gasteiger partial charge on any atom is 0.243 e. The maximum atomic E-state index is 13.6. The van der Waals surface area contributed by atoms with E-state index in [1.165, 1.54) is 5.56 Å². The summed E-state index contributed by atoms with van der Waals surface area (Å²) in [6.07, 6.45) is 0.813. The lowest BCUT2D eigenvalue weighted by molar-refractivity contribution is -0.141. The molecule has 3 rings (SSSR count). The van der Waals surface area contributed by atoms with E-state index >= 15 is 0 Å². The van der Waals surface area contributed by atoms with Crippen LogP contribution in [0.1, 0.15) is 37.0 Å². The summed E-state index contributed by atoms with van der Waals surface area (Å²) in [5.41, 5.74) is 3.18. The van der Waals surface area contributed by atoms with E-state index < -0.39 is 6.04 Å². The highest BCUT2D eigenvalue weighted by Crippen LogP contribution is 2.20. The van der Waals surface area contributed by atoms with Crippen LogP contribution in [0.4, 0.5) is 0 Å². The van der Waals surface area contributed by atoms with E-state index in [-0.39, 0.29) is 17.9 Å². The van der Waals surface area contributed by atoms with Crippen molar-refractivity contribution in [1.29, 1.82) is 0 Å². The molecule has 5 nitrogen and oxygen atoms in total. The molecule has 1 atom stereocenters. The monoisotopic (exact) mass is 504 g/mol. The third-order valence-corrected chi connectivity index (χ3v) is 6.79. The normalized spacial score (nSPS) is 11.7. The van der Waals surface area contributed by atoms with E-state index in [2.05, 4.69) is 17.4 Å². The predicted molar refractivity (Wildman–Crippen MR) is 148 cm³/mol. The van der Waals surface area contributed by atoms with Gasteiger partial charge in [-0.2, -0.15) is 11.8 Å². The molecule has 1 unspecified atom stereocenters. The highest BCUT2D eigenvalue weighted by Gasteiger charge is 2.30. The Balaban J connectivity index is 1.81. The number of benzene rings is 3. The van der Waals surface area contributed by atoms with Crippen LogP contribution in [0, 0.1) is 0 Å². The lowest BCUT2D eigenvalue weighted by atomic mass is 10.0. The summed E-state index contributed by atoms with van der Waals surface area (Å²) in [6.45, 7) is 4.21. The molecule has 0 aliphatic rings. The molecule has 0 bridgehead atoms. The fourth-order valence-corrected chi connectivity index (χ4v) is 4.86. The summed E-state index contributed by atoms with van der Waals surface area (Å²) in [7, 11) is 1.63. The van der Waals surface area contributed by atoms with Gasteiger partial charge < -0.3 is 15.0 Å². The number of hydrogen-bond donors (Lipinski definition) is 1. The average Bonchev–Trinajstić information content (AvgIpc) is 2.89. The number of thioether (sulfide) groups is 1. The van der Waals surface area contributed by atoms with Crippen molar-refractivity contribution in [3.05, 3.63) is 102 Å². The van der Waals surface area contributed by atoms with Crippen molar-refractivity contribution in [2.75, 3.05) is 12.9 Å². The van der Waals surface area contributed by atoms with Crippen LogP contribution >= 0.6 is 11.8 Å². The Bertz CT molecular complexity index is 1090. The molecular formula is C30H36N2O3S. The maximum absolute atomic E-state index is 13.6. The Morgan fingerprint density at radius 3 is 2.17 bits per heavy atom. The number of carbonyl (C=O) groups is 2. The lowest BCUT2D eigenvalue weighted by Crippen LogP contribution is -2.51. The first-order valence-corrected chi connectivity index (χ1v) is 13.5. The molecule has 0 spiro atoms. The second-order valence-electron chi connectivity index (χ2n) is 9.03. The predicted octanol–water partition coefficient (Wildman–Crippen LogP) is 5.48. The summed E-state index contributed by atoms with van der Waals surface area (Å²) in [5, 5.41) is 3.03. The van der Waals surface area contributed by atoms with Gasteiger partial charge >= 0.3 is 0 Å². The average molecular weight is 505 g/mol. The number of amides is 2. The van der Waals surface area contributed by atoms with Crippen molar-refractivity contribution in [3.8, 4) is 5.75 Å². The molecule has 0 aliphatic heterocycles. The van der Waals surface area contributed by atoms with Crippen molar-refractivity contribution < 1.29 is 14.3 Å². The van der Waals surface area contributed by atoms with Crippen LogP contribution in [-0.2, 0) is 28.3 Å². The first-order valence-electron chi connectivity index (χ1n) is 12.3. The fraction of sp³-hybridized carbons (Fsp3) is 0.333. The molecule has 36 heavy (non-hydrogen) atoms. The second kappa shape index (κ2) is 14.3. The van der Waals surface area contributed by atoms with Gasteiger partial charge in [0.05, 0.1) is 7.11 Å². The number of nitrogens with zero attached hydrogens (tertiary/aromatic N) is 1. The van der Waals surface area contributed by atoms with Crippen molar-refractivity contribution in [3.63, 3.8) is 0 Å². The largest absolute Gasteiger partial charge is 0.497 e. The number of nitrogens with one attached hydrogen (secondary N) is 1.